The van der Waals surface area contributed by atoms with Crippen LogP contribution in [-0.4, -0.2) is 33.4 Å². The van der Waals surface area contributed by atoms with Crippen molar-refractivity contribution < 1.29 is 4.79 Å². The minimum Gasteiger partial charge on any atom is -0.347 e. The van der Waals surface area contributed by atoms with Crippen LogP contribution in [0.5, 0.6) is 0 Å². The van der Waals surface area contributed by atoms with E-state index in [9.17, 15) is 4.79 Å². The normalized spacial score (nSPS) is 18.6. The number of nitrogens with zero attached hydrogens (tertiary/aromatic N) is 2. The van der Waals surface area contributed by atoms with E-state index >= 15 is 0 Å². The van der Waals surface area contributed by atoms with Crippen LogP contribution in [0.2, 0.25) is 0 Å². The zero-order valence-electron chi connectivity index (χ0n) is 9.57. The van der Waals surface area contributed by atoms with Gasteiger partial charge in [-0.2, -0.15) is 0 Å². The lowest BCUT2D eigenvalue weighted by molar-refractivity contribution is -0.136. The number of carbonyl (C=O) groups excluding carboxylic acids is 1. The van der Waals surface area contributed by atoms with Gasteiger partial charge in [0.2, 0.25) is 5.91 Å². The molecule has 0 unspecified atom stereocenters. The Kier molecular flexibility index (Phi) is 2.96. The first-order chi connectivity index (χ1) is 7.62. The average molecular weight is 222 g/mol. The number of hydrogen-bond donors (Lipinski definition) is 2. The molecule has 0 radical (unpaired) electrons. The zero-order chi connectivity index (χ0) is 11.6. The van der Waals surface area contributed by atoms with Gasteiger partial charge in [-0.3, -0.25) is 4.79 Å². The Morgan fingerprint density at radius 3 is 2.88 bits per heavy atom. The molecule has 0 bridgehead atoms. The third-order valence-electron chi connectivity index (χ3n) is 3.21. The number of nitrogens with two attached hydrogens (primary N) is 1. The van der Waals surface area contributed by atoms with Crippen LogP contribution in [0.3, 0.4) is 0 Å². The first-order valence-electron chi connectivity index (χ1n) is 5.64. The number of amides is 1. The van der Waals surface area contributed by atoms with Crippen molar-refractivity contribution in [1.82, 2.24) is 14.9 Å². The van der Waals surface area contributed by atoms with Gasteiger partial charge in [0.05, 0.1) is 12.1 Å². The van der Waals surface area contributed by atoms with Crippen LogP contribution in [-0.2, 0) is 11.3 Å². The molecule has 5 heteroatoms. The van der Waals surface area contributed by atoms with E-state index in [1.165, 1.54) is 0 Å². The van der Waals surface area contributed by atoms with Crippen LogP contribution in [0, 0.1) is 0 Å². The highest BCUT2D eigenvalue weighted by atomic mass is 16.2. The summed E-state index contributed by atoms with van der Waals surface area (Å²) < 4.78 is 0. The van der Waals surface area contributed by atoms with Crippen LogP contribution >= 0.6 is 0 Å². The molecule has 1 aromatic rings. The van der Waals surface area contributed by atoms with Crippen molar-refractivity contribution in [3.8, 4) is 0 Å². The Labute approximate surface area is 95.0 Å². The molecular formula is C11H18N4O. The molecule has 1 aliphatic rings. The lowest BCUT2D eigenvalue weighted by Crippen LogP contribution is -2.52. The second kappa shape index (κ2) is 4.25. The van der Waals surface area contributed by atoms with Gasteiger partial charge in [-0.15, -0.1) is 0 Å². The standard InChI is InChI=1S/C11H18N4O/c1-15(8-9-13-6-7-14-9)10(16)11(12)4-2-3-5-11/h6-7H,2-5,8,12H2,1H3,(H,13,14). The Hall–Kier alpha value is -1.36. The maximum Gasteiger partial charge on any atom is 0.242 e. The van der Waals surface area contributed by atoms with Gasteiger partial charge in [0, 0.05) is 19.4 Å². The number of aromatic nitrogens is 2. The maximum atomic E-state index is 12.2. The second-order valence-corrected chi connectivity index (χ2v) is 4.56. The van der Waals surface area contributed by atoms with E-state index in [-0.39, 0.29) is 5.91 Å². The molecule has 1 heterocycles. The molecule has 0 aliphatic heterocycles. The van der Waals surface area contributed by atoms with Crippen molar-refractivity contribution in [3.63, 3.8) is 0 Å². The summed E-state index contributed by atoms with van der Waals surface area (Å²) in [4.78, 5) is 20.9. The van der Waals surface area contributed by atoms with Crippen LogP contribution in [0.15, 0.2) is 12.4 Å². The monoisotopic (exact) mass is 222 g/mol. The predicted octanol–water partition coefficient (Wildman–Crippen LogP) is 0.640. The topological polar surface area (TPSA) is 75.0 Å². The largest absolute Gasteiger partial charge is 0.347 e. The minimum absolute atomic E-state index is 0.0291. The smallest absolute Gasteiger partial charge is 0.242 e. The molecule has 1 fully saturated rings. The molecule has 0 saturated heterocycles. The number of aromatic amines is 1. The van der Waals surface area contributed by atoms with Crippen molar-refractivity contribution in [2.24, 2.45) is 5.73 Å². The number of carbonyl (C=O) groups is 1. The Balaban J connectivity index is 1.99. The first-order valence-corrected chi connectivity index (χ1v) is 5.64. The highest BCUT2D eigenvalue weighted by Crippen LogP contribution is 2.28. The Bertz CT molecular complexity index is 354. The van der Waals surface area contributed by atoms with Gasteiger partial charge in [0.15, 0.2) is 0 Å². The first kappa shape index (κ1) is 11.1. The molecule has 1 amide bonds. The number of imidazole rings is 1. The predicted molar refractivity (Wildman–Crippen MR) is 60.4 cm³/mol. The SMILES string of the molecule is CN(Cc1ncc[nH]1)C(=O)C1(N)CCCC1. The van der Waals surface area contributed by atoms with Gasteiger partial charge in [-0.25, -0.2) is 4.98 Å². The van der Waals surface area contributed by atoms with Crippen LogP contribution < -0.4 is 5.73 Å². The van der Waals surface area contributed by atoms with Crippen molar-refractivity contribution >= 4 is 5.91 Å². The van der Waals surface area contributed by atoms with Crippen LogP contribution in [0.1, 0.15) is 31.5 Å². The third-order valence-corrected chi connectivity index (χ3v) is 3.21. The van der Waals surface area contributed by atoms with E-state index in [0.717, 1.165) is 31.5 Å². The van der Waals surface area contributed by atoms with Gasteiger partial charge in [0.1, 0.15) is 5.82 Å². The summed E-state index contributed by atoms with van der Waals surface area (Å²) >= 11 is 0. The molecule has 2 rings (SSSR count). The average Bonchev–Trinajstić information content (AvgIpc) is 2.89. The van der Waals surface area contributed by atoms with Gasteiger partial charge in [-0.05, 0) is 12.8 Å². The number of likely N-dealkylation sites (N-methyl/N-ethyl adjacent to an activating group) is 1. The number of nitrogens with one attached hydrogen (secondary N) is 1. The summed E-state index contributed by atoms with van der Waals surface area (Å²) in [5, 5.41) is 0. The summed E-state index contributed by atoms with van der Waals surface area (Å²) in [5.74, 6) is 0.818. The summed E-state index contributed by atoms with van der Waals surface area (Å²) in [7, 11) is 1.78. The third kappa shape index (κ3) is 2.09. The van der Waals surface area contributed by atoms with Gasteiger partial charge < -0.3 is 15.6 Å². The highest BCUT2D eigenvalue weighted by Gasteiger charge is 2.38. The van der Waals surface area contributed by atoms with E-state index < -0.39 is 5.54 Å². The lowest BCUT2D eigenvalue weighted by atomic mass is 9.97. The quantitative estimate of drug-likeness (QED) is 0.788. The fourth-order valence-electron chi connectivity index (χ4n) is 2.28. The van der Waals surface area contributed by atoms with Crippen molar-refractivity contribution in [2.75, 3.05) is 7.05 Å². The number of hydrogen-bond acceptors (Lipinski definition) is 3. The molecule has 1 saturated carbocycles. The summed E-state index contributed by atoms with van der Waals surface area (Å²) in [6.07, 6.45) is 7.14. The van der Waals surface area contributed by atoms with E-state index in [4.69, 9.17) is 5.73 Å². The fraction of sp³-hybridized carbons (Fsp3) is 0.636. The maximum absolute atomic E-state index is 12.2. The van der Waals surface area contributed by atoms with Crippen LogP contribution in [0.25, 0.3) is 0 Å². The summed E-state index contributed by atoms with van der Waals surface area (Å²) in [5.41, 5.74) is 5.47. The molecule has 88 valence electrons. The van der Waals surface area contributed by atoms with Crippen molar-refractivity contribution in [3.05, 3.63) is 18.2 Å². The summed E-state index contributed by atoms with van der Waals surface area (Å²) in [6.45, 7) is 0.491. The fourth-order valence-corrected chi connectivity index (χ4v) is 2.28. The second-order valence-electron chi connectivity index (χ2n) is 4.56. The molecule has 0 atom stereocenters. The van der Waals surface area contributed by atoms with E-state index in [2.05, 4.69) is 9.97 Å². The Morgan fingerprint density at radius 1 is 1.62 bits per heavy atom. The molecule has 16 heavy (non-hydrogen) atoms. The van der Waals surface area contributed by atoms with Crippen LogP contribution in [0.4, 0.5) is 0 Å². The van der Waals surface area contributed by atoms with Gasteiger partial charge >= 0.3 is 0 Å². The molecule has 1 aliphatic carbocycles. The lowest BCUT2D eigenvalue weighted by Gasteiger charge is -2.28. The van der Waals surface area contributed by atoms with Crippen molar-refractivity contribution in [1.29, 1.82) is 0 Å². The Morgan fingerprint density at radius 2 is 2.31 bits per heavy atom. The molecule has 0 spiro atoms. The van der Waals surface area contributed by atoms with Gasteiger partial charge in [0.25, 0.3) is 0 Å². The molecular weight excluding hydrogens is 204 g/mol. The zero-order valence-corrected chi connectivity index (χ0v) is 9.57. The number of H-pyrrole nitrogens is 1. The van der Waals surface area contributed by atoms with E-state index in [1.807, 2.05) is 0 Å². The van der Waals surface area contributed by atoms with E-state index in [0.29, 0.717) is 6.54 Å². The van der Waals surface area contributed by atoms with Crippen molar-refractivity contribution in [2.45, 2.75) is 37.8 Å². The molecule has 0 aromatic carbocycles. The highest BCUT2D eigenvalue weighted by molar-refractivity contribution is 5.86. The molecule has 5 nitrogen and oxygen atoms in total. The van der Waals surface area contributed by atoms with E-state index in [1.54, 1.807) is 24.3 Å². The number of rotatable bonds is 3. The minimum atomic E-state index is -0.638. The molecule has 1 aromatic heterocycles. The van der Waals surface area contributed by atoms with Gasteiger partial charge in [-0.1, -0.05) is 12.8 Å². The molecule has 3 N–H and O–H groups in total. The summed E-state index contributed by atoms with van der Waals surface area (Å²) in [6, 6.07) is 0.